The number of halogens is 1. The van der Waals surface area contributed by atoms with E-state index in [0.29, 0.717) is 10.7 Å². The SMILES string of the molecule is Cc1ccc(N(CC(=O)NC(C)c2cc(C)ccc2C)S(=O)(=O)c2ccc(Cl)cc2)cc1. The Morgan fingerprint density at radius 2 is 1.53 bits per heavy atom. The number of benzene rings is 3. The predicted molar refractivity (Wildman–Crippen MR) is 130 cm³/mol. The summed E-state index contributed by atoms with van der Waals surface area (Å²) in [5.74, 6) is -0.392. The quantitative estimate of drug-likeness (QED) is 0.507. The fourth-order valence-corrected chi connectivity index (χ4v) is 5.03. The van der Waals surface area contributed by atoms with Crippen LogP contribution in [-0.2, 0) is 14.8 Å². The second kappa shape index (κ2) is 9.76. The normalized spacial score (nSPS) is 12.3. The Hall–Kier alpha value is -2.83. The highest BCUT2D eigenvalue weighted by atomic mass is 35.5. The summed E-state index contributed by atoms with van der Waals surface area (Å²) in [6.07, 6.45) is 0. The van der Waals surface area contributed by atoms with Crippen LogP contribution in [0.15, 0.2) is 71.6 Å². The van der Waals surface area contributed by atoms with E-state index in [1.807, 2.05) is 58.0 Å². The summed E-state index contributed by atoms with van der Waals surface area (Å²) in [5.41, 5.74) is 4.57. The van der Waals surface area contributed by atoms with Crippen molar-refractivity contribution in [2.45, 2.75) is 38.6 Å². The molecule has 0 saturated heterocycles. The minimum Gasteiger partial charge on any atom is -0.348 e. The number of nitrogens with zero attached hydrogens (tertiary/aromatic N) is 1. The van der Waals surface area contributed by atoms with Crippen LogP contribution < -0.4 is 9.62 Å². The van der Waals surface area contributed by atoms with E-state index in [9.17, 15) is 13.2 Å². The van der Waals surface area contributed by atoms with Crippen molar-refractivity contribution in [1.29, 1.82) is 0 Å². The van der Waals surface area contributed by atoms with Gasteiger partial charge < -0.3 is 5.32 Å². The molecule has 1 atom stereocenters. The van der Waals surface area contributed by atoms with Crippen LogP contribution in [0.1, 0.15) is 35.2 Å². The maximum atomic E-state index is 13.4. The molecule has 3 aromatic rings. The Morgan fingerprint density at radius 3 is 2.16 bits per heavy atom. The van der Waals surface area contributed by atoms with E-state index in [4.69, 9.17) is 11.6 Å². The van der Waals surface area contributed by atoms with Crippen LogP contribution in [0.3, 0.4) is 0 Å². The molecule has 1 unspecified atom stereocenters. The zero-order valence-corrected chi connectivity index (χ0v) is 20.2. The molecule has 7 heteroatoms. The Bertz CT molecular complexity index is 1210. The van der Waals surface area contributed by atoms with Crippen LogP contribution in [0.2, 0.25) is 5.02 Å². The van der Waals surface area contributed by atoms with Gasteiger partial charge in [0.25, 0.3) is 10.0 Å². The minimum absolute atomic E-state index is 0.0675. The number of carbonyl (C=O) groups is 1. The van der Waals surface area contributed by atoms with E-state index >= 15 is 0 Å². The second-order valence-corrected chi connectivity index (χ2v) is 10.2. The molecule has 0 aliphatic carbocycles. The molecule has 3 rings (SSSR count). The monoisotopic (exact) mass is 470 g/mol. The first-order valence-electron chi connectivity index (χ1n) is 10.3. The Balaban J connectivity index is 1.90. The first-order chi connectivity index (χ1) is 15.1. The van der Waals surface area contributed by atoms with E-state index in [1.54, 1.807) is 12.1 Å². The summed E-state index contributed by atoms with van der Waals surface area (Å²) in [6, 6.07) is 18.7. The molecule has 0 radical (unpaired) electrons. The van der Waals surface area contributed by atoms with E-state index in [0.717, 1.165) is 26.6 Å². The maximum Gasteiger partial charge on any atom is 0.264 e. The molecule has 0 aromatic heterocycles. The first-order valence-corrected chi connectivity index (χ1v) is 12.1. The summed E-state index contributed by atoms with van der Waals surface area (Å²) in [6.45, 7) is 7.45. The minimum atomic E-state index is -3.98. The van der Waals surface area contributed by atoms with Gasteiger partial charge in [0.05, 0.1) is 16.6 Å². The van der Waals surface area contributed by atoms with Crippen LogP contribution in [0.4, 0.5) is 5.69 Å². The van der Waals surface area contributed by atoms with Crippen molar-refractivity contribution < 1.29 is 13.2 Å². The smallest absolute Gasteiger partial charge is 0.264 e. The van der Waals surface area contributed by atoms with Gasteiger partial charge in [-0.1, -0.05) is 53.1 Å². The third-order valence-electron chi connectivity index (χ3n) is 5.29. The van der Waals surface area contributed by atoms with Crippen molar-refractivity contribution in [3.05, 3.63) is 94.0 Å². The highest BCUT2D eigenvalue weighted by Gasteiger charge is 2.28. The van der Waals surface area contributed by atoms with Crippen molar-refractivity contribution in [1.82, 2.24) is 5.32 Å². The lowest BCUT2D eigenvalue weighted by atomic mass is 10.00. The third kappa shape index (κ3) is 5.50. The summed E-state index contributed by atoms with van der Waals surface area (Å²) in [4.78, 5) is 13.0. The number of amides is 1. The van der Waals surface area contributed by atoms with Crippen molar-refractivity contribution in [3.63, 3.8) is 0 Å². The van der Waals surface area contributed by atoms with Crippen molar-refractivity contribution in [2.75, 3.05) is 10.8 Å². The predicted octanol–water partition coefficient (Wildman–Crippen LogP) is 5.34. The molecule has 5 nitrogen and oxygen atoms in total. The van der Waals surface area contributed by atoms with Crippen molar-refractivity contribution >= 4 is 33.2 Å². The fourth-order valence-electron chi connectivity index (χ4n) is 3.48. The highest BCUT2D eigenvalue weighted by molar-refractivity contribution is 7.92. The van der Waals surface area contributed by atoms with Gasteiger partial charge in [-0.05, 0) is 75.2 Å². The number of carbonyl (C=O) groups excluding carboxylic acids is 1. The average molecular weight is 471 g/mol. The number of hydrogen-bond donors (Lipinski definition) is 1. The molecule has 0 aliphatic heterocycles. The summed E-state index contributed by atoms with van der Waals surface area (Å²) in [5, 5.41) is 3.38. The van der Waals surface area contributed by atoms with Gasteiger partial charge in [0.1, 0.15) is 6.54 Å². The van der Waals surface area contributed by atoms with Gasteiger partial charge in [0.2, 0.25) is 5.91 Å². The van der Waals surface area contributed by atoms with Gasteiger partial charge in [-0.25, -0.2) is 8.42 Å². The van der Waals surface area contributed by atoms with Crippen LogP contribution in [-0.4, -0.2) is 20.9 Å². The fraction of sp³-hybridized carbons (Fsp3) is 0.240. The number of sulfonamides is 1. The zero-order valence-electron chi connectivity index (χ0n) is 18.6. The van der Waals surface area contributed by atoms with Crippen LogP contribution in [0, 0.1) is 20.8 Å². The lowest BCUT2D eigenvalue weighted by Gasteiger charge is -2.25. The first kappa shape index (κ1) is 23.8. The Kier molecular flexibility index (Phi) is 7.26. The number of hydrogen-bond acceptors (Lipinski definition) is 3. The van der Waals surface area contributed by atoms with Gasteiger partial charge >= 0.3 is 0 Å². The largest absolute Gasteiger partial charge is 0.348 e. The molecule has 0 aliphatic rings. The van der Waals surface area contributed by atoms with Gasteiger partial charge in [-0.2, -0.15) is 0 Å². The molecule has 3 aromatic carbocycles. The molecule has 0 bridgehead atoms. The Labute approximate surface area is 195 Å². The summed E-state index contributed by atoms with van der Waals surface area (Å²) in [7, 11) is -3.98. The van der Waals surface area contributed by atoms with Gasteiger partial charge in [-0.3, -0.25) is 9.10 Å². The summed E-state index contributed by atoms with van der Waals surface area (Å²) >= 11 is 5.93. The molecular weight excluding hydrogens is 444 g/mol. The van der Waals surface area contributed by atoms with E-state index in [-0.39, 0.29) is 17.5 Å². The van der Waals surface area contributed by atoms with E-state index in [2.05, 4.69) is 5.32 Å². The Morgan fingerprint density at radius 1 is 0.938 bits per heavy atom. The lowest BCUT2D eigenvalue weighted by molar-refractivity contribution is -0.120. The molecule has 32 heavy (non-hydrogen) atoms. The molecule has 0 heterocycles. The standard InChI is InChI=1S/C25H27ClN2O3S/c1-17-6-11-22(12-7-17)28(32(30,31)23-13-9-21(26)10-14-23)16-25(29)27-20(4)24-15-18(2)5-8-19(24)3/h5-15,20H,16H2,1-4H3,(H,27,29). The number of anilines is 1. The van der Waals surface area contributed by atoms with E-state index < -0.39 is 15.9 Å². The van der Waals surface area contributed by atoms with Crippen LogP contribution in [0.25, 0.3) is 0 Å². The molecule has 0 spiro atoms. The van der Waals surface area contributed by atoms with Crippen molar-refractivity contribution in [2.24, 2.45) is 0 Å². The van der Waals surface area contributed by atoms with Gasteiger partial charge in [0.15, 0.2) is 0 Å². The molecular formula is C25H27ClN2O3S. The average Bonchev–Trinajstić information content (AvgIpc) is 2.74. The van der Waals surface area contributed by atoms with Gasteiger partial charge in [0, 0.05) is 5.02 Å². The van der Waals surface area contributed by atoms with Crippen LogP contribution in [0.5, 0.6) is 0 Å². The highest BCUT2D eigenvalue weighted by Crippen LogP contribution is 2.25. The zero-order chi connectivity index (χ0) is 23.5. The van der Waals surface area contributed by atoms with Crippen LogP contribution >= 0.6 is 11.6 Å². The van der Waals surface area contributed by atoms with Crippen molar-refractivity contribution in [3.8, 4) is 0 Å². The third-order valence-corrected chi connectivity index (χ3v) is 7.33. The number of aryl methyl sites for hydroxylation is 3. The second-order valence-electron chi connectivity index (χ2n) is 7.95. The number of rotatable bonds is 7. The number of nitrogens with one attached hydrogen (secondary N) is 1. The van der Waals surface area contributed by atoms with E-state index in [1.165, 1.54) is 24.3 Å². The van der Waals surface area contributed by atoms with Gasteiger partial charge in [-0.15, -0.1) is 0 Å². The summed E-state index contributed by atoms with van der Waals surface area (Å²) < 4.78 is 28.0. The molecule has 0 saturated carbocycles. The topological polar surface area (TPSA) is 66.5 Å². The maximum absolute atomic E-state index is 13.4. The molecule has 168 valence electrons. The lowest BCUT2D eigenvalue weighted by Crippen LogP contribution is -2.41. The molecule has 1 amide bonds. The molecule has 0 fully saturated rings. The molecule has 1 N–H and O–H groups in total.